The molecule has 2 N–H and O–H groups in total. The molecule has 1 amide bonds. The molecule has 3 rings (SSSR count). The topological polar surface area (TPSA) is 64.2 Å². The van der Waals surface area contributed by atoms with E-state index in [0.717, 1.165) is 24.2 Å². The van der Waals surface area contributed by atoms with E-state index in [4.69, 9.17) is 5.73 Å². The first-order valence-corrected chi connectivity index (χ1v) is 8.10. The van der Waals surface area contributed by atoms with Crippen LogP contribution in [0.4, 0.5) is 5.69 Å². The van der Waals surface area contributed by atoms with Gasteiger partial charge in [0.05, 0.1) is 17.1 Å². The standard InChI is InChI=1S/C15H20N4OS/c1-10-15(16)11(2)19(17-10)8-14(20)18(13-3-4-13)7-12-5-6-21-9-12/h5-6,9,13H,3-4,7-8,16H2,1-2H3. The summed E-state index contributed by atoms with van der Waals surface area (Å²) in [4.78, 5) is 14.6. The predicted octanol–water partition coefficient (Wildman–Crippen LogP) is 2.33. The van der Waals surface area contributed by atoms with E-state index in [1.54, 1.807) is 16.0 Å². The minimum atomic E-state index is 0.120. The number of amides is 1. The third kappa shape index (κ3) is 2.95. The fraction of sp³-hybridized carbons (Fsp3) is 0.467. The normalized spacial score (nSPS) is 14.4. The maximum atomic E-state index is 12.6. The summed E-state index contributed by atoms with van der Waals surface area (Å²) in [6.45, 7) is 4.74. The summed E-state index contributed by atoms with van der Waals surface area (Å²) in [7, 11) is 0. The van der Waals surface area contributed by atoms with Gasteiger partial charge in [0.15, 0.2) is 0 Å². The highest BCUT2D eigenvalue weighted by molar-refractivity contribution is 7.07. The first kappa shape index (κ1) is 14.1. The minimum Gasteiger partial charge on any atom is -0.396 e. The number of anilines is 1. The molecule has 2 aromatic heterocycles. The van der Waals surface area contributed by atoms with E-state index >= 15 is 0 Å². The summed E-state index contributed by atoms with van der Waals surface area (Å²) < 4.78 is 1.72. The van der Waals surface area contributed by atoms with Crippen LogP contribution in [0.2, 0.25) is 0 Å². The van der Waals surface area contributed by atoms with Crippen molar-refractivity contribution >= 4 is 22.9 Å². The van der Waals surface area contributed by atoms with Crippen LogP contribution in [0.15, 0.2) is 16.8 Å². The zero-order valence-electron chi connectivity index (χ0n) is 12.4. The van der Waals surface area contributed by atoms with Crippen molar-refractivity contribution in [3.05, 3.63) is 33.8 Å². The molecular weight excluding hydrogens is 284 g/mol. The van der Waals surface area contributed by atoms with Crippen molar-refractivity contribution in [3.8, 4) is 0 Å². The molecule has 1 aliphatic carbocycles. The Morgan fingerprint density at radius 3 is 2.81 bits per heavy atom. The van der Waals surface area contributed by atoms with Crippen molar-refractivity contribution < 1.29 is 4.79 Å². The van der Waals surface area contributed by atoms with Crippen LogP contribution in [-0.4, -0.2) is 26.6 Å². The zero-order valence-corrected chi connectivity index (χ0v) is 13.2. The van der Waals surface area contributed by atoms with Crippen LogP contribution in [0.1, 0.15) is 29.8 Å². The molecule has 0 spiro atoms. The number of carbonyl (C=O) groups is 1. The van der Waals surface area contributed by atoms with E-state index in [-0.39, 0.29) is 12.5 Å². The number of nitrogens with two attached hydrogens (primary N) is 1. The van der Waals surface area contributed by atoms with E-state index in [0.29, 0.717) is 18.3 Å². The number of rotatable bonds is 5. The largest absolute Gasteiger partial charge is 0.396 e. The average molecular weight is 304 g/mol. The summed E-state index contributed by atoms with van der Waals surface area (Å²) in [5.41, 5.74) is 9.47. The Labute approximate surface area is 128 Å². The van der Waals surface area contributed by atoms with Crippen LogP contribution in [-0.2, 0) is 17.9 Å². The van der Waals surface area contributed by atoms with Crippen molar-refractivity contribution in [2.24, 2.45) is 0 Å². The van der Waals surface area contributed by atoms with Crippen LogP contribution in [0.3, 0.4) is 0 Å². The molecule has 2 aromatic rings. The first-order chi connectivity index (χ1) is 10.1. The SMILES string of the molecule is Cc1nn(CC(=O)N(Cc2ccsc2)C2CC2)c(C)c1N. The number of aromatic nitrogens is 2. The Morgan fingerprint density at radius 2 is 2.29 bits per heavy atom. The Balaban J connectivity index is 1.73. The second kappa shape index (κ2) is 5.52. The molecule has 1 saturated carbocycles. The van der Waals surface area contributed by atoms with E-state index in [1.807, 2.05) is 24.1 Å². The zero-order chi connectivity index (χ0) is 15.0. The van der Waals surface area contributed by atoms with Gasteiger partial charge >= 0.3 is 0 Å². The molecule has 1 fully saturated rings. The Hall–Kier alpha value is -1.82. The molecular formula is C15H20N4OS. The number of nitrogen functional groups attached to an aromatic ring is 1. The Kier molecular flexibility index (Phi) is 3.71. The van der Waals surface area contributed by atoms with E-state index < -0.39 is 0 Å². The van der Waals surface area contributed by atoms with E-state index in [1.165, 1.54) is 5.56 Å². The lowest BCUT2D eigenvalue weighted by molar-refractivity contribution is -0.133. The van der Waals surface area contributed by atoms with E-state index in [2.05, 4.69) is 16.5 Å². The van der Waals surface area contributed by atoms with Gasteiger partial charge in [0.2, 0.25) is 5.91 Å². The quantitative estimate of drug-likeness (QED) is 0.922. The summed E-state index contributed by atoms with van der Waals surface area (Å²) >= 11 is 1.67. The predicted molar refractivity (Wildman–Crippen MR) is 84.0 cm³/mol. The molecule has 5 nitrogen and oxygen atoms in total. The van der Waals surface area contributed by atoms with Crippen LogP contribution < -0.4 is 5.73 Å². The molecule has 2 heterocycles. The van der Waals surface area contributed by atoms with Gasteiger partial charge in [-0.2, -0.15) is 16.4 Å². The maximum Gasteiger partial charge on any atom is 0.244 e. The maximum absolute atomic E-state index is 12.6. The van der Waals surface area contributed by atoms with Crippen LogP contribution in [0.5, 0.6) is 0 Å². The van der Waals surface area contributed by atoms with E-state index in [9.17, 15) is 4.79 Å². The van der Waals surface area contributed by atoms with Gasteiger partial charge in [0, 0.05) is 12.6 Å². The first-order valence-electron chi connectivity index (χ1n) is 7.16. The van der Waals surface area contributed by atoms with Crippen LogP contribution >= 0.6 is 11.3 Å². The van der Waals surface area contributed by atoms with Gasteiger partial charge in [0.1, 0.15) is 6.54 Å². The van der Waals surface area contributed by atoms with Crippen molar-refractivity contribution in [3.63, 3.8) is 0 Å². The Bertz CT molecular complexity index is 643. The number of hydrogen-bond acceptors (Lipinski definition) is 4. The number of aryl methyl sites for hydroxylation is 1. The fourth-order valence-corrected chi connectivity index (χ4v) is 3.13. The lowest BCUT2D eigenvalue weighted by Crippen LogP contribution is -2.35. The highest BCUT2D eigenvalue weighted by atomic mass is 32.1. The van der Waals surface area contributed by atoms with Crippen molar-refractivity contribution in [2.75, 3.05) is 5.73 Å². The van der Waals surface area contributed by atoms with Gasteiger partial charge in [0.25, 0.3) is 0 Å². The third-order valence-corrected chi connectivity index (χ3v) is 4.70. The number of thiophene rings is 1. The second-order valence-corrected chi connectivity index (χ2v) is 6.41. The van der Waals surface area contributed by atoms with Crippen molar-refractivity contribution in [1.29, 1.82) is 0 Å². The highest BCUT2D eigenvalue weighted by Gasteiger charge is 2.32. The molecule has 21 heavy (non-hydrogen) atoms. The summed E-state index contributed by atoms with van der Waals surface area (Å²) in [6.07, 6.45) is 2.21. The lowest BCUT2D eigenvalue weighted by atomic mass is 10.3. The fourth-order valence-electron chi connectivity index (χ4n) is 2.47. The second-order valence-electron chi connectivity index (χ2n) is 5.63. The molecule has 1 aliphatic rings. The van der Waals surface area contributed by atoms with Gasteiger partial charge in [-0.1, -0.05) is 0 Å². The average Bonchev–Trinajstić information content (AvgIpc) is 3.12. The third-order valence-electron chi connectivity index (χ3n) is 3.96. The highest BCUT2D eigenvalue weighted by Crippen LogP contribution is 2.29. The van der Waals surface area contributed by atoms with Gasteiger partial charge in [-0.15, -0.1) is 0 Å². The van der Waals surface area contributed by atoms with Gasteiger partial charge in [-0.25, -0.2) is 0 Å². The monoisotopic (exact) mass is 304 g/mol. The molecule has 0 aromatic carbocycles. The minimum absolute atomic E-state index is 0.120. The number of nitrogens with zero attached hydrogens (tertiary/aromatic N) is 3. The molecule has 6 heteroatoms. The molecule has 0 aliphatic heterocycles. The molecule has 0 radical (unpaired) electrons. The number of hydrogen-bond donors (Lipinski definition) is 1. The molecule has 0 unspecified atom stereocenters. The van der Waals surface area contributed by atoms with Crippen LogP contribution in [0.25, 0.3) is 0 Å². The van der Waals surface area contributed by atoms with Gasteiger partial charge in [-0.3, -0.25) is 9.48 Å². The summed E-state index contributed by atoms with van der Waals surface area (Å²) in [5.74, 6) is 0.120. The molecule has 0 bridgehead atoms. The summed E-state index contributed by atoms with van der Waals surface area (Å²) in [6, 6.07) is 2.47. The molecule has 112 valence electrons. The Morgan fingerprint density at radius 1 is 1.52 bits per heavy atom. The molecule has 0 atom stereocenters. The van der Waals surface area contributed by atoms with Gasteiger partial charge < -0.3 is 10.6 Å². The summed E-state index contributed by atoms with van der Waals surface area (Å²) in [5, 5.41) is 8.50. The lowest BCUT2D eigenvalue weighted by Gasteiger charge is -2.22. The van der Waals surface area contributed by atoms with Gasteiger partial charge in [-0.05, 0) is 49.1 Å². The van der Waals surface area contributed by atoms with Crippen molar-refractivity contribution in [2.45, 2.75) is 45.8 Å². The molecule has 0 saturated heterocycles. The number of carbonyl (C=O) groups excluding carboxylic acids is 1. The van der Waals surface area contributed by atoms with Crippen molar-refractivity contribution in [1.82, 2.24) is 14.7 Å². The van der Waals surface area contributed by atoms with Crippen LogP contribution in [0, 0.1) is 13.8 Å². The smallest absolute Gasteiger partial charge is 0.244 e.